The highest BCUT2D eigenvalue weighted by Crippen LogP contribution is 2.46. The zero-order chi connectivity index (χ0) is 9.84. The fourth-order valence-corrected chi connectivity index (χ4v) is 2.89. The van der Waals surface area contributed by atoms with Crippen molar-refractivity contribution >= 4 is 0 Å². The van der Waals surface area contributed by atoms with Gasteiger partial charge in [0.1, 0.15) is 0 Å². The zero-order valence-electron chi connectivity index (χ0n) is 9.84. The minimum atomic E-state index is 1.00. The maximum Gasteiger partial charge on any atom is -0.0355 e. The van der Waals surface area contributed by atoms with E-state index in [1.165, 1.54) is 32.1 Å². The molecule has 0 aromatic carbocycles. The van der Waals surface area contributed by atoms with E-state index >= 15 is 0 Å². The average Bonchev–Trinajstić information content (AvgIpc) is 2.17. The van der Waals surface area contributed by atoms with Crippen LogP contribution in [0.4, 0.5) is 0 Å². The molecular weight excluding hydrogens is 156 g/mol. The van der Waals surface area contributed by atoms with E-state index in [1.54, 1.807) is 0 Å². The topological polar surface area (TPSA) is 0 Å². The fraction of sp³-hybridized carbons (Fsp3) is 1.00. The van der Waals surface area contributed by atoms with E-state index in [9.17, 15) is 0 Å². The molecule has 1 fully saturated rings. The molecule has 1 rings (SSSR count). The van der Waals surface area contributed by atoms with Gasteiger partial charge in [-0.25, -0.2) is 0 Å². The second-order valence-electron chi connectivity index (χ2n) is 5.05. The van der Waals surface area contributed by atoms with Crippen molar-refractivity contribution in [3.05, 3.63) is 0 Å². The van der Waals surface area contributed by atoms with Crippen molar-refractivity contribution in [1.29, 1.82) is 0 Å². The van der Waals surface area contributed by atoms with Crippen molar-refractivity contribution in [3.8, 4) is 0 Å². The summed E-state index contributed by atoms with van der Waals surface area (Å²) in [6, 6.07) is 0. The molecule has 0 saturated heterocycles. The minimum absolute atomic E-state index is 1.00. The normalized spacial score (nSPS) is 35.5. The van der Waals surface area contributed by atoms with Crippen LogP contribution in [-0.4, -0.2) is 0 Å². The molecule has 78 valence electrons. The molecule has 0 aromatic heterocycles. The molecule has 0 N–H and O–H groups in total. The molecule has 13 heavy (non-hydrogen) atoms. The molecule has 0 bridgehead atoms. The monoisotopic (exact) mass is 182 g/mol. The summed E-state index contributed by atoms with van der Waals surface area (Å²) in [5, 5.41) is 0. The molecule has 0 nitrogen and oxygen atoms in total. The van der Waals surface area contributed by atoms with Crippen LogP contribution in [0.1, 0.15) is 59.8 Å². The standard InChI is InChI=1S/C13H26/c1-5-7-8-12(6-2)13-9-10(3)11(13)4/h10-13H,5-9H2,1-4H3. The summed E-state index contributed by atoms with van der Waals surface area (Å²) < 4.78 is 0. The number of hydrogen-bond acceptors (Lipinski definition) is 0. The Bertz CT molecular complexity index is 139. The lowest BCUT2D eigenvalue weighted by Crippen LogP contribution is -2.37. The van der Waals surface area contributed by atoms with Crippen LogP contribution in [0.15, 0.2) is 0 Å². The molecule has 1 aliphatic rings. The van der Waals surface area contributed by atoms with Crippen molar-refractivity contribution < 1.29 is 0 Å². The summed E-state index contributed by atoms with van der Waals surface area (Å²) in [6.07, 6.45) is 7.20. The third kappa shape index (κ3) is 2.48. The number of unbranched alkanes of at least 4 members (excludes halogenated alkanes) is 1. The van der Waals surface area contributed by atoms with Crippen LogP contribution in [0.2, 0.25) is 0 Å². The SMILES string of the molecule is CCCCC(CC)C1CC(C)C1C. The van der Waals surface area contributed by atoms with E-state index in [0.717, 1.165) is 23.7 Å². The van der Waals surface area contributed by atoms with Gasteiger partial charge in [-0.05, 0) is 30.1 Å². The molecule has 0 aliphatic heterocycles. The second kappa shape index (κ2) is 5.02. The van der Waals surface area contributed by atoms with Gasteiger partial charge < -0.3 is 0 Å². The third-order valence-electron chi connectivity index (χ3n) is 4.28. The summed E-state index contributed by atoms with van der Waals surface area (Å²) in [6.45, 7) is 9.54. The van der Waals surface area contributed by atoms with Gasteiger partial charge in [0, 0.05) is 0 Å². The van der Waals surface area contributed by atoms with Gasteiger partial charge in [-0.15, -0.1) is 0 Å². The first-order valence-electron chi connectivity index (χ1n) is 6.20. The van der Waals surface area contributed by atoms with Gasteiger partial charge in [0.15, 0.2) is 0 Å². The molecule has 0 radical (unpaired) electrons. The van der Waals surface area contributed by atoms with Gasteiger partial charge in [0.05, 0.1) is 0 Å². The van der Waals surface area contributed by atoms with Crippen LogP contribution < -0.4 is 0 Å². The Labute approximate surface area is 84.1 Å². The van der Waals surface area contributed by atoms with Crippen molar-refractivity contribution in [2.45, 2.75) is 59.8 Å². The summed E-state index contributed by atoms with van der Waals surface area (Å²) >= 11 is 0. The van der Waals surface area contributed by atoms with Gasteiger partial charge in [0.2, 0.25) is 0 Å². The largest absolute Gasteiger partial charge is 0.0654 e. The molecule has 0 spiro atoms. The van der Waals surface area contributed by atoms with E-state index in [1.807, 2.05) is 0 Å². The molecule has 1 aliphatic carbocycles. The van der Waals surface area contributed by atoms with Crippen LogP contribution in [0.3, 0.4) is 0 Å². The van der Waals surface area contributed by atoms with Crippen LogP contribution in [0.25, 0.3) is 0 Å². The maximum atomic E-state index is 2.45. The van der Waals surface area contributed by atoms with Crippen LogP contribution >= 0.6 is 0 Å². The minimum Gasteiger partial charge on any atom is -0.0654 e. The van der Waals surface area contributed by atoms with Gasteiger partial charge in [-0.3, -0.25) is 0 Å². The predicted octanol–water partition coefficient (Wildman–Crippen LogP) is 4.49. The number of rotatable bonds is 5. The molecule has 0 amide bonds. The Hall–Kier alpha value is 0. The Morgan fingerprint density at radius 3 is 2.31 bits per heavy atom. The van der Waals surface area contributed by atoms with Crippen LogP contribution in [0.5, 0.6) is 0 Å². The summed E-state index contributed by atoms with van der Waals surface area (Å²) in [4.78, 5) is 0. The highest BCUT2D eigenvalue weighted by molar-refractivity contribution is 4.87. The molecule has 4 atom stereocenters. The van der Waals surface area contributed by atoms with Crippen LogP contribution in [-0.2, 0) is 0 Å². The van der Waals surface area contributed by atoms with Gasteiger partial charge in [-0.1, -0.05) is 53.4 Å². The zero-order valence-corrected chi connectivity index (χ0v) is 9.84. The highest BCUT2D eigenvalue weighted by Gasteiger charge is 2.38. The predicted molar refractivity (Wildman–Crippen MR) is 59.7 cm³/mol. The Morgan fingerprint density at radius 2 is 1.92 bits per heavy atom. The van der Waals surface area contributed by atoms with Crippen molar-refractivity contribution in [1.82, 2.24) is 0 Å². The Balaban J connectivity index is 2.30. The van der Waals surface area contributed by atoms with E-state index < -0.39 is 0 Å². The lowest BCUT2D eigenvalue weighted by molar-refractivity contribution is 0.0415. The Kier molecular flexibility index (Phi) is 4.28. The Morgan fingerprint density at radius 1 is 1.23 bits per heavy atom. The summed E-state index contributed by atoms with van der Waals surface area (Å²) in [7, 11) is 0. The molecule has 0 heterocycles. The van der Waals surface area contributed by atoms with E-state index in [-0.39, 0.29) is 0 Å². The first kappa shape index (κ1) is 11.1. The molecule has 4 unspecified atom stereocenters. The first-order valence-corrected chi connectivity index (χ1v) is 6.20. The average molecular weight is 182 g/mol. The molecule has 0 heteroatoms. The lowest BCUT2D eigenvalue weighted by atomic mass is 9.60. The highest BCUT2D eigenvalue weighted by atomic mass is 14.4. The van der Waals surface area contributed by atoms with Crippen LogP contribution in [0, 0.1) is 23.7 Å². The quantitative estimate of drug-likeness (QED) is 0.587. The summed E-state index contributed by atoms with van der Waals surface area (Å²) in [5.41, 5.74) is 0. The molecule has 1 saturated carbocycles. The van der Waals surface area contributed by atoms with Crippen molar-refractivity contribution in [3.63, 3.8) is 0 Å². The third-order valence-corrected chi connectivity index (χ3v) is 4.28. The van der Waals surface area contributed by atoms with E-state index in [2.05, 4.69) is 27.7 Å². The van der Waals surface area contributed by atoms with Crippen molar-refractivity contribution in [2.75, 3.05) is 0 Å². The van der Waals surface area contributed by atoms with E-state index in [4.69, 9.17) is 0 Å². The molecule has 0 aromatic rings. The van der Waals surface area contributed by atoms with Gasteiger partial charge in [0.25, 0.3) is 0 Å². The second-order valence-corrected chi connectivity index (χ2v) is 5.05. The molecular formula is C13H26. The number of hydrogen-bond donors (Lipinski definition) is 0. The van der Waals surface area contributed by atoms with Gasteiger partial charge in [-0.2, -0.15) is 0 Å². The summed E-state index contributed by atoms with van der Waals surface area (Å²) in [5.74, 6) is 4.10. The van der Waals surface area contributed by atoms with Crippen molar-refractivity contribution in [2.24, 2.45) is 23.7 Å². The lowest BCUT2D eigenvalue weighted by Gasteiger charge is -2.45. The first-order chi connectivity index (χ1) is 6.20. The van der Waals surface area contributed by atoms with E-state index in [0.29, 0.717) is 0 Å². The van der Waals surface area contributed by atoms with Gasteiger partial charge >= 0.3 is 0 Å². The fourth-order valence-electron chi connectivity index (χ4n) is 2.89. The maximum absolute atomic E-state index is 2.45. The smallest absolute Gasteiger partial charge is 0.0355 e.